The normalized spacial score (nSPS) is 24.0. The van der Waals surface area contributed by atoms with E-state index >= 15 is 0 Å². The molecule has 2 unspecified atom stereocenters. The fraction of sp³-hybridized carbons (Fsp3) is 0.556. The van der Waals surface area contributed by atoms with Crippen LogP contribution in [0.4, 0.5) is 4.79 Å². The van der Waals surface area contributed by atoms with E-state index in [0.29, 0.717) is 13.0 Å². The molecule has 1 fully saturated rings. The maximum Gasteiger partial charge on any atom is 0.410 e. The topological polar surface area (TPSA) is 66.8 Å². The molecule has 0 bridgehead atoms. The van der Waals surface area contributed by atoms with Gasteiger partial charge in [-0.3, -0.25) is 4.79 Å². The third-order valence-electron chi connectivity index (χ3n) is 4.53. The molecule has 132 valence electrons. The van der Waals surface area contributed by atoms with Crippen molar-refractivity contribution in [3.8, 4) is 0 Å². The lowest BCUT2D eigenvalue weighted by atomic mass is 9.72. The van der Waals surface area contributed by atoms with Crippen LogP contribution in [0.5, 0.6) is 0 Å². The van der Waals surface area contributed by atoms with Gasteiger partial charge in [0.25, 0.3) is 0 Å². The maximum absolute atomic E-state index is 12.4. The van der Waals surface area contributed by atoms with Gasteiger partial charge in [0.05, 0.1) is 5.41 Å². The number of ether oxygens (including phenoxy) is 1. The highest BCUT2D eigenvalue weighted by Crippen LogP contribution is 2.47. The molecule has 1 aromatic carbocycles. The Kier molecular flexibility index (Phi) is 5.28. The Morgan fingerprint density at radius 2 is 2.00 bits per heavy atom. The van der Waals surface area contributed by atoms with Crippen LogP contribution in [-0.2, 0) is 9.53 Å². The Labute approximate surface area is 151 Å². The summed E-state index contributed by atoms with van der Waals surface area (Å²) < 4.78 is 6.30. The maximum atomic E-state index is 12.4. The smallest absolute Gasteiger partial charge is 0.410 e. The molecule has 5 nitrogen and oxygen atoms in total. The summed E-state index contributed by atoms with van der Waals surface area (Å²) in [6.45, 7) is 7.75. The number of rotatable bonds is 3. The number of aliphatic carboxylic acids is 1. The third-order valence-corrected chi connectivity index (χ3v) is 5.25. The number of hydrogen-bond donors (Lipinski definition) is 1. The second kappa shape index (κ2) is 6.75. The number of likely N-dealkylation sites (tertiary alicyclic amines) is 1. The molecular weight excluding hydrogens is 374 g/mol. The van der Waals surface area contributed by atoms with Crippen molar-refractivity contribution in [1.29, 1.82) is 0 Å². The van der Waals surface area contributed by atoms with Crippen LogP contribution in [0.1, 0.15) is 45.6 Å². The van der Waals surface area contributed by atoms with Gasteiger partial charge in [0.15, 0.2) is 0 Å². The SMILES string of the molecule is CCC1(C(=O)O)CN(C(=O)OC(C)(C)C)CC1c1ccccc1Br. The summed E-state index contributed by atoms with van der Waals surface area (Å²) in [7, 11) is 0. The molecule has 1 saturated heterocycles. The predicted molar refractivity (Wildman–Crippen MR) is 95.0 cm³/mol. The zero-order valence-corrected chi connectivity index (χ0v) is 16.1. The quantitative estimate of drug-likeness (QED) is 0.826. The first-order valence-corrected chi connectivity index (χ1v) is 8.86. The summed E-state index contributed by atoms with van der Waals surface area (Å²) in [6, 6.07) is 7.59. The number of hydrogen-bond acceptors (Lipinski definition) is 3. The Bertz CT molecular complexity index is 640. The molecule has 6 heteroatoms. The van der Waals surface area contributed by atoms with Crippen molar-refractivity contribution in [3.63, 3.8) is 0 Å². The monoisotopic (exact) mass is 397 g/mol. The van der Waals surface area contributed by atoms with E-state index in [9.17, 15) is 14.7 Å². The van der Waals surface area contributed by atoms with Crippen LogP contribution in [0.3, 0.4) is 0 Å². The molecule has 1 heterocycles. The van der Waals surface area contributed by atoms with Crippen molar-refractivity contribution in [1.82, 2.24) is 4.90 Å². The Morgan fingerprint density at radius 3 is 2.50 bits per heavy atom. The van der Waals surface area contributed by atoms with Crippen molar-refractivity contribution >= 4 is 28.0 Å². The van der Waals surface area contributed by atoms with E-state index in [4.69, 9.17) is 4.74 Å². The average Bonchev–Trinajstić information content (AvgIpc) is 2.87. The van der Waals surface area contributed by atoms with E-state index in [1.807, 2.05) is 31.2 Å². The fourth-order valence-corrected chi connectivity index (χ4v) is 3.82. The first kappa shape index (κ1) is 18.8. The zero-order valence-electron chi connectivity index (χ0n) is 14.5. The van der Waals surface area contributed by atoms with E-state index < -0.39 is 23.1 Å². The first-order chi connectivity index (χ1) is 11.1. The van der Waals surface area contributed by atoms with E-state index in [2.05, 4.69) is 15.9 Å². The summed E-state index contributed by atoms with van der Waals surface area (Å²) in [5.74, 6) is -1.17. The molecule has 0 spiro atoms. The number of carboxylic acid groups (broad SMARTS) is 1. The zero-order chi connectivity index (χ0) is 18.1. The van der Waals surface area contributed by atoms with Gasteiger partial charge in [-0.1, -0.05) is 41.1 Å². The molecule has 0 saturated carbocycles. The highest BCUT2D eigenvalue weighted by Gasteiger charge is 2.54. The standard InChI is InChI=1S/C18H24BrNO4/c1-5-18(15(21)22)11-20(16(23)24-17(2,3)4)10-13(18)12-8-6-7-9-14(12)19/h6-9,13H,5,10-11H2,1-4H3,(H,21,22). The van der Waals surface area contributed by atoms with Gasteiger partial charge in [0, 0.05) is 23.5 Å². The molecular formula is C18H24BrNO4. The van der Waals surface area contributed by atoms with Gasteiger partial charge in [-0.25, -0.2) is 4.79 Å². The Balaban J connectivity index is 2.39. The minimum absolute atomic E-state index is 0.153. The molecule has 1 N–H and O–H groups in total. The summed E-state index contributed by atoms with van der Waals surface area (Å²) in [6.07, 6.45) is -0.0238. The number of carbonyl (C=O) groups is 2. The highest BCUT2D eigenvalue weighted by molar-refractivity contribution is 9.10. The average molecular weight is 398 g/mol. The van der Waals surface area contributed by atoms with Crippen LogP contribution in [-0.4, -0.2) is 40.8 Å². The van der Waals surface area contributed by atoms with Gasteiger partial charge < -0.3 is 14.7 Å². The minimum atomic E-state index is -1.01. The molecule has 2 rings (SSSR count). The van der Waals surface area contributed by atoms with Crippen LogP contribution < -0.4 is 0 Å². The van der Waals surface area contributed by atoms with Gasteiger partial charge in [-0.2, -0.15) is 0 Å². The molecule has 1 aliphatic rings. The fourth-order valence-electron chi connectivity index (χ4n) is 3.26. The largest absolute Gasteiger partial charge is 0.481 e. The Hall–Kier alpha value is -1.56. The van der Waals surface area contributed by atoms with Crippen molar-refractivity contribution in [2.24, 2.45) is 5.41 Å². The van der Waals surface area contributed by atoms with E-state index in [1.165, 1.54) is 4.90 Å². The van der Waals surface area contributed by atoms with E-state index in [-0.39, 0.29) is 12.5 Å². The number of benzene rings is 1. The summed E-state index contributed by atoms with van der Waals surface area (Å²) >= 11 is 3.51. The van der Waals surface area contributed by atoms with Crippen molar-refractivity contribution in [2.45, 2.75) is 45.6 Å². The van der Waals surface area contributed by atoms with Gasteiger partial charge in [-0.15, -0.1) is 0 Å². The second-order valence-corrected chi connectivity index (χ2v) is 8.10. The number of carboxylic acids is 1. The number of halogens is 1. The molecule has 0 aliphatic carbocycles. The number of carbonyl (C=O) groups excluding carboxylic acids is 1. The predicted octanol–water partition coefficient (Wildman–Crippen LogP) is 4.26. The van der Waals surface area contributed by atoms with Crippen LogP contribution in [0.15, 0.2) is 28.7 Å². The van der Waals surface area contributed by atoms with Crippen molar-refractivity contribution < 1.29 is 19.4 Å². The van der Waals surface area contributed by atoms with Gasteiger partial charge in [0.2, 0.25) is 0 Å². The molecule has 1 aromatic rings. The molecule has 0 radical (unpaired) electrons. The molecule has 24 heavy (non-hydrogen) atoms. The summed E-state index contributed by atoms with van der Waals surface area (Å²) in [4.78, 5) is 26.1. The third kappa shape index (κ3) is 3.58. The lowest BCUT2D eigenvalue weighted by Crippen LogP contribution is -2.40. The van der Waals surface area contributed by atoms with Gasteiger partial charge in [0.1, 0.15) is 5.60 Å². The lowest BCUT2D eigenvalue weighted by Gasteiger charge is -2.29. The first-order valence-electron chi connectivity index (χ1n) is 8.06. The van der Waals surface area contributed by atoms with E-state index in [1.54, 1.807) is 20.8 Å². The lowest BCUT2D eigenvalue weighted by molar-refractivity contribution is -0.149. The highest BCUT2D eigenvalue weighted by atomic mass is 79.9. The van der Waals surface area contributed by atoms with Crippen LogP contribution in [0.25, 0.3) is 0 Å². The number of amides is 1. The van der Waals surface area contributed by atoms with Crippen molar-refractivity contribution in [2.75, 3.05) is 13.1 Å². The van der Waals surface area contributed by atoms with Gasteiger partial charge >= 0.3 is 12.1 Å². The van der Waals surface area contributed by atoms with Crippen LogP contribution >= 0.6 is 15.9 Å². The molecule has 1 amide bonds. The van der Waals surface area contributed by atoms with Crippen molar-refractivity contribution in [3.05, 3.63) is 34.3 Å². The minimum Gasteiger partial charge on any atom is -0.481 e. The molecule has 1 aliphatic heterocycles. The van der Waals surface area contributed by atoms with E-state index in [0.717, 1.165) is 10.0 Å². The summed E-state index contributed by atoms with van der Waals surface area (Å²) in [5.41, 5.74) is -0.714. The second-order valence-electron chi connectivity index (χ2n) is 7.25. The summed E-state index contributed by atoms with van der Waals surface area (Å²) in [5, 5.41) is 9.92. The Morgan fingerprint density at radius 1 is 1.38 bits per heavy atom. The number of nitrogens with zero attached hydrogens (tertiary/aromatic N) is 1. The molecule has 2 atom stereocenters. The van der Waals surface area contributed by atoms with Crippen LogP contribution in [0.2, 0.25) is 0 Å². The molecule has 0 aromatic heterocycles. The van der Waals surface area contributed by atoms with Crippen LogP contribution in [0, 0.1) is 5.41 Å². The van der Waals surface area contributed by atoms with Gasteiger partial charge in [-0.05, 0) is 38.8 Å².